The monoisotopic (exact) mass is 306 g/mol. The molecule has 0 radical (unpaired) electrons. The van der Waals surface area contributed by atoms with Crippen molar-refractivity contribution in [3.63, 3.8) is 0 Å². The second-order valence-electron chi connectivity index (χ2n) is 6.76. The summed E-state index contributed by atoms with van der Waals surface area (Å²) in [4.78, 5) is 15.0. The molecule has 2 aromatic rings. The first-order valence-electron chi connectivity index (χ1n) is 8.37. The van der Waals surface area contributed by atoms with Gasteiger partial charge in [-0.3, -0.25) is 9.69 Å². The van der Waals surface area contributed by atoms with Crippen LogP contribution in [0.25, 0.3) is 0 Å². The Kier molecular flexibility index (Phi) is 3.46. The van der Waals surface area contributed by atoms with E-state index in [9.17, 15) is 4.79 Å². The fourth-order valence-corrected chi connectivity index (χ4v) is 3.66. The number of hydrogen-bond acceptors (Lipinski definition) is 2. The van der Waals surface area contributed by atoms with Crippen LogP contribution in [-0.4, -0.2) is 22.4 Å². The van der Waals surface area contributed by atoms with Crippen LogP contribution in [0.15, 0.2) is 60.7 Å². The van der Waals surface area contributed by atoms with Crippen molar-refractivity contribution in [3.05, 3.63) is 71.8 Å². The average Bonchev–Trinajstić information content (AvgIpc) is 3.48. The Morgan fingerprint density at radius 3 is 2.35 bits per heavy atom. The number of nitrogens with one attached hydrogen (secondary N) is 1. The van der Waals surface area contributed by atoms with Crippen molar-refractivity contribution in [1.82, 2.24) is 10.2 Å². The van der Waals surface area contributed by atoms with Gasteiger partial charge in [-0.1, -0.05) is 60.7 Å². The fourth-order valence-electron chi connectivity index (χ4n) is 3.66. The summed E-state index contributed by atoms with van der Waals surface area (Å²) in [5.41, 5.74) is 2.60. The molecule has 2 fully saturated rings. The van der Waals surface area contributed by atoms with Crippen molar-refractivity contribution in [2.75, 3.05) is 0 Å². The Hall–Kier alpha value is -2.13. The van der Waals surface area contributed by atoms with Crippen molar-refractivity contribution in [1.29, 1.82) is 0 Å². The molecule has 3 nitrogen and oxygen atoms in total. The molecule has 3 atom stereocenters. The Morgan fingerprint density at radius 1 is 1.13 bits per heavy atom. The van der Waals surface area contributed by atoms with Crippen LogP contribution in [0.4, 0.5) is 0 Å². The highest BCUT2D eigenvalue weighted by Gasteiger charge is 2.73. The van der Waals surface area contributed by atoms with Crippen LogP contribution >= 0.6 is 0 Å². The van der Waals surface area contributed by atoms with Crippen molar-refractivity contribution in [2.24, 2.45) is 0 Å². The molecule has 1 saturated carbocycles. The van der Waals surface area contributed by atoms with E-state index in [1.54, 1.807) is 0 Å². The van der Waals surface area contributed by atoms with Crippen LogP contribution in [0.1, 0.15) is 36.9 Å². The minimum atomic E-state index is 0.0499. The van der Waals surface area contributed by atoms with Crippen molar-refractivity contribution >= 4 is 5.91 Å². The van der Waals surface area contributed by atoms with Crippen molar-refractivity contribution in [2.45, 2.75) is 43.9 Å². The van der Waals surface area contributed by atoms with Crippen molar-refractivity contribution < 1.29 is 4.79 Å². The lowest BCUT2D eigenvalue weighted by atomic mass is 10.1. The van der Waals surface area contributed by atoms with E-state index in [4.69, 9.17) is 0 Å². The average molecular weight is 306 g/mol. The maximum absolute atomic E-state index is 12.7. The van der Waals surface area contributed by atoms with E-state index < -0.39 is 0 Å². The Bertz CT molecular complexity index is 694. The lowest BCUT2D eigenvalue weighted by Crippen LogP contribution is -2.32. The zero-order valence-corrected chi connectivity index (χ0v) is 13.4. The van der Waals surface area contributed by atoms with Crippen LogP contribution in [0.5, 0.6) is 0 Å². The van der Waals surface area contributed by atoms with Gasteiger partial charge < -0.3 is 5.32 Å². The van der Waals surface area contributed by atoms with Gasteiger partial charge in [0.1, 0.15) is 6.04 Å². The van der Waals surface area contributed by atoms with Crippen LogP contribution in [0, 0.1) is 0 Å². The molecule has 2 unspecified atom stereocenters. The minimum absolute atomic E-state index is 0.0499. The Morgan fingerprint density at radius 2 is 1.74 bits per heavy atom. The molecule has 2 aromatic carbocycles. The smallest absolute Gasteiger partial charge is 0.239 e. The quantitative estimate of drug-likeness (QED) is 0.860. The molecule has 1 spiro atoms. The highest BCUT2D eigenvalue weighted by molar-refractivity contribution is 5.88. The normalized spacial score (nSPS) is 24.9. The predicted molar refractivity (Wildman–Crippen MR) is 90.7 cm³/mol. The highest BCUT2D eigenvalue weighted by atomic mass is 16.2. The zero-order chi connectivity index (χ0) is 15.9. The number of hydrogen-bond donors (Lipinski definition) is 1. The largest absolute Gasteiger partial charge is 0.348 e. The van der Waals surface area contributed by atoms with Gasteiger partial charge in [0.15, 0.2) is 0 Å². The number of amides is 1. The fraction of sp³-hybridized carbons (Fsp3) is 0.350. The van der Waals surface area contributed by atoms with Gasteiger partial charge in [0, 0.05) is 12.1 Å². The third kappa shape index (κ3) is 2.66. The van der Waals surface area contributed by atoms with Gasteiger partial charge in [0.05, 0.1) is 6.04 Å². The SMILES string of the molecule is C[C@H](NC(=O)C1N(Cc2ccccc2)C12CC2)c1ccccc1. The molecule has 4 rings (SSSR count). The van der Waals surface area contributed by atoms with Crippen molar-refractivity contribution in [3.8, 4) is 0 Å². The van der Waals surface area contributed by atoms with E-state index in [0.29, 0.717) is 0 Å². The van der Waals surface area contributed by atoms with Gasteiger partial charge in [-0.15, -0.1) is 0 Å². The predicted octanol–water partition coefficient (Wildman–Crippen LogP) is 3.28. The summed E-state index contributed by atoms with van der Waals surface area (Å²) in [7, 11) is 0. The van der Waals surface area contributed by atoms with Gasteiger partial charge in [-0.2, -0.15) is 0 Å². The molecule has 2 aliphatic rings. The molecule has 1 saturated heterocycles. The highest BCUT2D eigenvalue weighted by Crippen LogP contribution is 2.60. The molecular weight excluding hydrogens is 284 g/mol. The third-order valence-corrected chi connectivity index (χ3v) is 5.19. The van der Waals surface area contributed by atoms with E-state index in [-0.39, 0.29) is 23.5 Å². The number of nitrogens with zero attached hydrogens (tertiary/aromatic N) is 1. The molecule has 3 heteroatoms. The number of benzene rings is 2. The first-order valence-corrected chi connectivity index (χ1v) is 8.37. The van der Waals surface area contributed by atoms with Gasteiger partial charge in [-0.25, -0.2) is 0 Å². The van der Waals surface area contributed by atoms with E-state index in [1.165, 1.54) is 5.56 Å². The number of carbonyl (C=O) groups is 1. The molecule has 118 valence electrons. The second kappa shape index (κ2) is 5.50. The molecule has 23 heavy (non-hydrogen) atoms. The first-order chi connectivity index (χ1) is 11.2. The van der Waals surface area contributed by atoms with Crippen LogP contribution in [0.3, 0.4) is 0 Å². The summed E-state index contributed by atoms with van der Waals surface area (Å²) in [6.45, 7) is 2.93. The van der Waals surface area contributed by atoms with Gasteiger partial charge in [-0.05, 0) is 30.9 Å². The Labute approximate surface area is 137 Å². The molecule has 1 aliphatic heterocycles. The van der Waals surface area contributed by atoms with Crippen LogP contribution in [0.2, 0.25) is 0 Å². The molecule has 1 aliphatic carbocycles. The second-order valence-corrected chi connectivity index (χ2v) is 6.76. The topological polar surface area (TPSA) is 32.1 Å². The minimum Gasteiger partial charge on any atom is -0.348 e. The number of rotatable bonds is 5. The van der Waals surface area contributed by atoms with Gasteiger partial charge in [0.25, 0.3) is 0 Å². The summed E-state index contributed by atoms with van der Waals surface area (Å²) < 4.78 is 0. The molecule has 0 aromatic heterocycles. The summed E-state index contributed by atoms with van der Waals surface area (Å²) in [6.07, 6.45) is 2.30. The van der Waals surface area contributed by atoms with Crippen LogP contribution < -0.4 is 5.32 Å². The molecule has 1 amide bonds. The van der Waals surface area contributed by atoms with Gasteiger partial charge in [0.2, 0.25) is 5.91 Å². The summed E-state index contributed by atoms with van der Waals surface area (Å²) in [5, 5.41) is 3.19. The standard InChI is InChI=1S/C20H22N2O/c1-15(17-10-6-3-7-11-17)21-19(23)18-20(12-13-20)22(18)14-16-8-4-2-5-9-16/h2-11,15,18H,12-14H2,1H3,(H,21,23)/t15-,18?,22?/m0/s1. The van der Waals surface area contributed by atoms with E-state index in [0.717, 1.165) is 24.9 Å². The molecule has 1 heterocycles. The van der Waals surface area contributed by atoms with E-state index in [1.807, 2.05) is 24.3 Å². The summed E-state index contributed by atoms with van der Waals surface area (Å²) >= 11 is 0. The first kappa shape index (κ1) is 14.5. The summed E-state index contributed by atoms with van der Waals surface area (Å²) in [6, 6.07) is 20.7. The lowest BCUT2D eigenvalue weighted by Gasteiger charge is -2.14. The molecule has 0 bridgehead atoms. The maximum atomic E-state index is 12.7. The summed E-state index contributed by atoms with van der Waals surface area (Å²) in [5.74, 6) is 0.176. The van der Waals surface area contributed by atoms with E-state index >= 15 is 0 Å². The Balaban J connectivity index is 1.41. The zero-order valence-electron chi connectivity index (χ0n) is 13.4. The third-order valence-electron chi connectivity index (χ3n) is 5.19. The van der Waals surface area contributed by atoms with Gasteiger partial charge >= 0.3 is 0 Å². The molecular formula is C20H22N2O. The van der Waals surface area contributed by atoms with E-state index in [2.05, 4.69) is 53.5 Å². The van der Waals surface area contributed by atoms with Crippen LogP contribution in [-0.2, 0) is 11.3 Å². The number of carbonyl (C=O) groups excluding carboxylic acids is 1. The maximum Gasteiger partial charge on any atom is 0.239 e. The molecule has 1 N–H and O–H groups in total. The lowest BCUT2D eigenvalue weighted by molar-refractivity contribution is -0.122.